The van der Waals surface area contributed by atoms with E-state index in [0.29, 0.717) is 58.9 Å². The highest BCUT2D eigenvalue weighted by Crippen LogP contribution is 2.24. The van der Waals surface area contributed by atoms with E-state index in [9.17, 15) is 14.4 Å². The monoisotopic (exact) mass is 1020 g/mol. The summed E-state index contributed by atoms with van der Waals surface area (Å²) in [5.41, 5.74) is 0.579. The molecule has 0 fully saturated rings. The van der Waals surface area contributed by atoms with Gasteiger partial charge in [-0.25, -0.2) is 28.1 Å². The summed E-state index contributed by atoms with van der Waals surface area (Å²) < 4.78 is 56.4. The van der Waals surface area contributed by atoms with E-state index in [-0.39, 0.29) is 45.3 Å². The largest absolute Gasteiger partial charge is 0.353 e. The molecule has 18 heteroatoms. The summed E-state index contributed by atoms with van der Waals surface area (Å²) in [4.78, 5) is 43.1. The van der Waals surface area contributed by atoms with Gasteiger partial charge in [-0.2, -0.15) is 0 Å². The first kappa shape index (κ1) is 58.6. The Balaban J connectivity index is 1.52. The Morgan fingerprint density at radius 2 is 0.667 bits per heavy atom. The van der Waals surface area contributed by atoms with Crippen molar-refractivity contribution in [2.75, 3.05) is 39.6 Å². The lowest BCUT2D eigenvalue weighted by molar-refractivity contribution is -0.130. The number of hydrogen-bond acceptors (Lipinski definition) is 12. The van der Waals surface area contributed by atoms with E-state index in [1.54, 1.807) is 20.8 Å². The smallest absolute Gasteiger partial charge is 0.340 e. The van der Waals surface area contributed by atoms with Crippen LogP contribution in [-0.2, 0) is 61.3 Å². The van der Waals surface area contributed by atoms with Gasteiger partial charge in [0.15, 0.2) is 18.9 Å². The number of hydrogen-bond donors (Lipinski definition) is 0. The summed E-state index contributed by atoms with van der Waals surface area (Å²) in [6, 6.07) is 23.7. The highest BCUT2D eigenvalue weighted by Gasteiger charge is 2.26. The van der Waals surface area contributed by atoms with Gasteiger partial charge in [-0.1, -0.05) is 94.6 Å². The number of aromatic nitrogens is 3. The number of nitrogens with zero attached hydrogens (tertiary/aromatic N) is 3. The van der Waals surface area contributed by atoms with Crippen LogP contribution in [0.2, 0.25) is 0 Å². The minimum absolute atomic E-state index is 0.218. The zero-order chi connectivity index (χ0) is 50.0. The molecular formula is C51H78N3O12P3. The molecule has 0 spiro atoms. The Bertz CT molecular complexity index is 1980. The van der Waals surface area contributed by atoms with Crippen molar-refractivity contribution in [1.82, 2.24) is 13.7 Å². The van der Waals surface area contributed by atoms with Gasteiger partial charge in [0.05, 0.1) is 19.8 Å². The van der Waals surface area contributed by atoms with E-state index in [1.807, 2.05) is 93.6 Å². The zero-order valence-corrected chi connectivity index (χ0v) is 45.2. The minimum atomic E-state index is -1.06. The van der Waals surface area contributed by atoms with Crippen molar-refractivity contribution >= 4 is 42.3 Å². The van der Waals surface area contributed by atoms with Crippen molar-refractivity contribution in [3.8, 4) is 0 Å². The molecule has 0 radical (unpaired) electrons. The second kappa shape index (κ2) is 32.9. The second-order valence-corrected chi connectivity index (χ2v) is 19.8. The van der Waals surface area contributed by atoms with Crippen molar-refractivity contribution in [1.29, 1.82) is 0 Å². The van der Waals surface area contributed by atoms with Crippen molar-refractivity contribution in [2.45, 2.75) is 158 Å². The third kappa shape index (κ3) is 20.9. The van der Waals surface area contributed by atoms with Crippen LogP contribution in [0.1, 0.15) is 136 Å². The third-order valence-corrected chi connectivity index (χ3v) is 13.9. The molecule has 0 saturated carbocycles. The number of rotatable bonds is 36. The summed E-state index contributed by atoms with van der Waals surface area (Å²) in [6.45, 7) is 20.4. The van der Waals surface area contributed by atoms with Crippen molar-refractivity contribution in [2.24, 2.45) is 0 Å². The molecule has 4 rings (SSSR count). The summed E-state index contributed by atoms with van der Waals surface area (Å²) in [5.74, 6) is 0. The van der Waals surface area contributed by atoms with Crippen LogP contribution >= 0.6 is 26.4 Å². The van der Waals surface area contributed by atoms with Gasteiger partial charge in [-0.05, 0) is 131 Å². The van der Waals surface area contributed by atoms with Gasteiger partial charge < -0.3 is 42.0 Å². The molecule has 384 valence electrons. The van der Waals surface area contributed by atoms with Crippen LogP contribution in [0.3, 0.4) is 0 Å². The van der Waals surface area contributed by atoms with Gasteiger partial charge in [-0.15, -0.1) is 0 Å². The molecule has 0 saturated heterocycles. The van der Waals surface area contributed by atoms with Crippen molar-refractivity contribution in [3.05, 3.63) is 121 Å². The molecule has 9 atom stereocenters. The normalized spacial score (nSPS) is 14.9. The number of ether oxygens (including phenoxy) is 6. The molecule has 9 unspecified atom stereocenters. The van der Waals surface area contributed by atoms with E-state index < -0.39 is 35.8 Å². The summed E-state index contributed by atoms with van der Waals surface area (Å²) >= 11 is 0. The first-order valence-electron chi connectivity index (χ1n) is 24.6. The molecule has 0 aliphatic carbocycles. The SMILES string of the molecule is CCCCOC(C)OCCc1cccc(POC(C)n2c(=O)n(C(C)OPc3cccc(CCOC(C)OCCCC)c3)c(=O)n(C(C)OPc3cccc(CCOC(C)OCCCC)c3)c2=O)c1. The van der Waals surface area contributed by atoms with E-state index in [4.69, 9.17) is 42.0 Å². The molecule has 0 aliphatic rings. The molecule has 0 amide bonds. The Hall–Kier alpha value is -3.00. The maximum absolute atomic E-state index is 14.4. The Labute approximate surface area is 414 Å². The molecule has 15 nitrogen and oxygen atoms in total. The van der Waals surface area contributed by atoms with E-state index >= 15 is 0 Å². The van der Waals surface area contributed by atoms with Crippen molar-refractivity contribution < 1.29 is 42.0 Å². The van der Waals surface area contributed by atoms with Crippen LogP contribution < -0.4 is 33.0 Å². The van der Waals surface area contributed by atoms with Crippen LogP contribution in [0.5, 0.6) is 0 Å². The molecule has 0 aliphatic heterocycles. The summed E-state index contributed by atoms with van der Waals surface area (Å²) in [7, 11) is -0.653. The standard InChI is InChI=1S/C51H78N3O12P3/c1-10-13-28-58-40(7)61-31-25-43-19-16-22-46(34-43)67-64-37(4)52-49(55)53(38(5)65-68-47-23-17-20-44(35-47)26-32-62-41(8)59-29-14-11-2)51(57)54(50(52)56)39(6)66-69-48-24-18-21-45(36-48)27-33-63-42(9)60-30-15-12-3/h16-24,34-42,67-69H,10-15,25-33H2,1-9H3. The predicted octanol–water partition coefficient (Wildman–Crippen LogP) is 8.70. The Morgan fingerprint density at radius 1 is 0.406 bits per heavy atom. The van der Waals surface area contributed by atoms with Gasteiger partial charge >= 0.3 is 17.1 Å². The molecular weight excluding hydrogens is 939 g/mol. The quantitative estimate of drug-likeness (QED) is 0.0244. The Kier molecular flexibility index (Phi) is 27.9. The van der Waals surface area contributed by atoms with Gasteiger partial charge in [0.2, 0.25) is 0 Å². The average molecular weight is 1020 g/mol. The minimum Gasteiger partial charge on any atom is -0.353 e. The number of benzene rings is 3. The molecule has 69 heavy (non-hydrogen) atoms. The molecule has 4 aromatic rings. The highest BCUT2D eigenvalue weighted by molar-refractivity contribution is 7.42. The maximum atomic E-state index is 14.4. The first-order chi connectivity index (χ1) is 33.3. The van der Waals surface area contributed by atoms with Crippen LogP contribution in [-0.4, -0.2) is 72.2 Å². The van der Waals surface area contributed by atoms with E-state index in [2.05, 4.69) is 20.8 Å². The third-order valence-electron chi connectivity index (χ3n) is 10.9. The lowest BCUT2D eigenvalue weighted by Crippen LogP contribution is -2.57. The lowest BCUT2D eigenvalue weighted by Gasteiger charge is -2.24. The first-order valence-corrected chi connectivity index (χ1v) is 27.3. The molecule has 0 bridgehead atoms. The molecule has 3 aromatic carbocycles. The summed E-state index contributed by atoms with van der Waals surface area (Å²) in [6.07, 6.45) is 4.08. The maximum Gasteiger partial charge on any atom is 0.340 e. The molecule has 1 heterocycles. The van der Waals surface area contributed by atoms with Gasteiger partial charge in [0.1, 0.15) is 18.7 Å². The van der Waals surface area contributed by atoms with Gasteiger partial charge in [0.25, 0.3) is 0 Å². The second-order valence-electron chi connectivity index (χ2n) is 16.8. The summed E-state index contributed by atoms with van der Waals surface area (Å²) in [5, 5.41) is 2.61. The lowest BCUT2D eigenvalue weighted by atomic mass is 10.2. The van der Waals surface area contributed by atoms with Crippen LogP contribution in [0.15, 0.2) is 87.2 Å². The van der Waals surface area contributed by atoms with E-state index in [0.717, 1.165) is 84.8 Å². The van der Waals surface area contributed by atoms with Gasteiger partial charge in [0, 0.05) is 46.2 Å². The fourth-order valence-corrected chi connectivity index (χ4v) is 9.33. The Morgan fingerprint density at radius 3 is 0.928 bits per heavy atom. The fraction of sp³-hybridized carbons (Fsp3) is 0.588. The van der Waals surface area contributed by atoms with Crippen LogP contribution in [0.4, 0.5) is 0 Å². The van der Waals surface area contributed by atoms with Crippen LogP contribution in [0, 0.1) is 0 Å². The zero-order valence-electron chi connectivity index (χ0n) is 42.2. The highest BCUT2D eigenvalue weighted by atomic mass is 31.1. The number of unbranched alkanes of at least 4 members (excludes halogenated alkanes) is 3. The molecule has 1 aromatic heterocycles. The average Bonchev–Trinajstić information content (AvgIpc) is 3.32. The van der Waals surface area contributed by atoms with Crippen LogP contribution in [0.25, 0.3) is 0 Å². The fourth-order valence-electron chi connectivity index (χ4n) is 6.87. The van der Waals surface area contributed by atoms with Crippen molar-refractivity contribution in [3.63, 3.8) is 0 Å². The van der Waals surface area contributed by atoms with E-state index in [1.165, 1.54) is 0 Å². The molecule has 0 N–H and O–H groups in total. The predicted molar refractivity (Wildman–Crippen MR) is 280 cm³/mol. The van der Waals surface area contributed by atoms with Gasteiger partial charge in [-0.3, -0.25) is 0 Å². The topological polar surface area (TPSA) is 149 Å².